The molecule has 5 rings (SSSR count). The van der Waals surface area contributed by atoms with Crippen LogP contribution in [0.1, 0.15) is 49.0 Å². The maximum atomic E-state index is 11.4. The number of rotatable bonds is 4. The molecule has 5 heteroatoms. The van der Waals surface area contributed by atoms with Gasteiger partial charge in [0.1, 0.15) is 5.82 Å². The first kappa shape index (κ1) is 14.0. The van der Waals surface area contributed by atoms with Crippen LogP contribution in [0.5, 0.6) is 0 Å². The van der Waals surface area contributed by atoms with Crippen molar-refractivity contribution in [1.82, 2.24) is 10.2 Å². The predicted octanol–water partition coefficient (Wildman–Crippen LogP) is 2.89. The molecule has 0 atom stereocenters. The van der Waals surface area contributed by atoms with Crippen LogP contribution in [0.3, 0.4) is 0 Å². The molecule has 1 aromatic heterocycles. The molecule has 0 unspecified atom stereocenters. The Labute approximate surface area is 130 Å². The van der Waals surface area contributed by atoms with Crippen molar-refractivity contribution in [3.8, 4) is 0 Å². The van der Waals surface area contributed by atoms with Gasteiger partial charge in [-0.1, -0.05) is 0 Å². The van der Waals surface area contributed by atoms with Crippen LogP contribution >= 0.6 is 0 Å². The molecular weight excluding hydrogens is 278 g/mol. The van der Waals surface area contributed by atoms with Crippen molar-refractivity contribution in [2.24, 2.45) is 23.2 Å². The number of ether oxygens (including phenoxy) is 1. The van der Waals surface area contributed by atoms with E-state index >= 15 is 0 Å². The highest BCUT2D eigenvalue weighted by molar-refractivity contribution is 5.86. The summed E-state index contributed by atoms with van der Waals surface area (Å²) in [5.41, 5.74) is 0.722. The highest BCUT2D eigenvalue weighted by atomic mass is 16.5. The minimum absolute atomic E-state index is 0.253. The lowest BCUT2D eigenvalue weighted by atomic mass is 9.49. The Morgan fingerprint density at radius 1 is 1.18 bits per heavy atom. The first-order valence-electron chi connectivity index (χ1n) is 8.32. The molecule has 0 aliphatic heterocycles. The average molecular weight is 301 g/mol. The highest BCUT2D eigenvalue weighted by Crippen LogP contribution is 2.59. The van der Waals surface area contributed by atoms with Gasteiger partial charge in [0.05, 0.1) is 7.11 Å². The number of carbonyl (C=O) groups excluding carboxylic acids is 1. The number of nitrogens with zero attached hydrogens (tertiary/aromatic N) is 2. The van der Waals surface area contributed by atoms with Crippen LogP contribution in [0.4, 0.5) is 5.82 Å². The summed E-state index contributed by atoms with van der Waals surface area (Å²) < 4.78 is 4.64. The zero-order valence-corrected chi connectivity index (χ0v) is 13.0. The molecule has 4 saturated carbocycles. The van der Waals surface area contributed by atoms with Crippen LogP contribution in [-0.4, -0.2) is 29.8 Å². The van der Waals surface area contributed by atoms with E-state index in [1.807, 2.05) is 6.07 Å². The third kappa shape index (κ3) is 2.46. The van der Waals surface area contributed by atoms with Crippen molar-refractivity contribution < 1.29 is 9.53 Å². The minimum atomic E-state index is -0.444. The van der Waals surface area contributed by atoms with E-state index < -0.39 is 5.97 Å². The van der Waals surface area contributed by atoms with E-state index in [0.717, 1.165) is 30.1 Å². The Morgan fingerprint density at radius 2 is 1.82 bits per heavy atom. The summed E-state index contributed by atoms with van der Waals surface area (Å²) in [4.78, 5) is 11.4. The van der Waals surface area contributed by atoms with Gasteiger partial charge in [0, 0.05) is 6.54 Å². The van der Waals surface area contributed by atoms with Crippen LogP contribution in [-0.2, 0) is 4.74 Å². The number of carbonyl (C=O) groups is 1. The van der Waals surface area contributed by atoms with Gasteiger partial charge in [0.15, 0.2) is 5.69 Å². The molecule has 4 aliphatic carbocycles. The number of nitrogens with one attached hydrogen (secondary N) is 1. The van der Waals surface area contributed by atoms with Gasteiger partial charge in [-0.15, -0.1) is 10.2 Å². The topological polar surface area (TPSA) is 64.1 Å². The SMILES string of the molecule is COC(=O)c1ccc(NCC23CC4CC(CC(C4)C2)C3)nn1. The van der Waals surface area contributed by atoms with Crippen molar-refractivity contribution in [1.29, 1.82) is 0 Å². The molecule has 0 spiro atoms. The van der Waals surface area contributed by atoms with Gasteiger partial charge in [0.2, 0.25) is 0 Å². The first-order valence-corrected chi connectivity index (χ1v) is 8.32. The lowest BCUT2D eigenvalue weighted by Gasteiger charge is -2.57. The summed E-state index contributed by atoms with van der Waals surface area (Å²) >= 11 is 0. The molecule has 1 N–H and O–H groups in total. The third-order valence-electron chi connectivity index (χ3n) is 5.87. The Kier molecular flexibility index (Phi) is 3.31. The molecule has 1 aromatic rings. The molecule has 4 fully saturated rings. The summed E-state index contributed by atoms with van der Waals surface area (Å²) in [5.74, 6) is 3.19. The molecule has 4 bridgehead atoms. The van der Waals surface area contributed by atoms with Gasteiger partial charge in [-0.2, -0.15) is 0 Å². The number of esters is 1. The summed E-state index contributed by atoms with van der Waals surface area (Å²) in [7, 11) is 1.35. The van der Waals surface area contributed by atoms with Gasteiger partial charge < -0.3 is 10.1 Å². The molecule has 5 nitrogen and oxygen atoms in total. The zero-order chi connectivity index (χ0) is 15.2. The maximum absolute atomic E-state index is 11.4. The number of methoxy groups -OCH3 is 1. The van der Waals surface area contributed by atoms with Gasteiger partial charge in [-0.3, -0.25) is 0 Å². The van der Waals surface area contributed by atoms with Crippen molar-refractivity contribution in [2.75, 3.05) is 19.0 Å². The Hall–Kier alpha value is -1.65. The second kappa shape index (κ2) is 5.21. The van der Waals surface area contributed by atoms with Crippen LogP contribution in [0.25, 0.3) is 0 Å². The van der Waals surface area contributed by atoms with E-state index in [2.05, 4.69) is 20.3 Å². The quantitative estimate of drug-likeness (QED) is 0.866. The second-order valence-electron chi connectivity index (χ2n) is 7.57. The Morgan fingerprint density at radius 3 is 2.32 bits per heavy atom. The summed E-state index contributed by atoms with van der Waals surface area (Å²) in [6, 6.07) is 3.49. The highest BCUT2D eigenvalue weighted by Gasteiger charge is 2.50. The maximum Gasteiger partial charge on any atom is 0.358 e. The number of aromatic nitrogens is 2. The lowest BCUT2D eigenvalue weighted by Crippen LogP contribution is -2.49. The summed E-state index contributed by atoms with van der Waals surface area (Å²) in [5, 5.41) is 11.5. The van der Waals surface area contributed by atoms with E-state index in [4.69, 9.17) is 0 Å². The molecule has 0 radical (unpaired) electrons. The molecule has 0 saturated heterocycles. The van der Waals surface area contributed by atoms with Gasteiger partial charge in [-0.05, 0) is 73.8 Å². The van der Waals surface area contributed by atoms with Gasteiger partial charge >= 0.3 is 5.97 Å². The fourth-order valence-corrected chi connectivity index (χ4v) is 5.42. The largest absolute Gasteiger partial charge is 0.464 e. The lowest BCUT2D eigenvalue weighted by molar-refractivity contribution is -0.0444. The van der Waals surface area contributed by atoms with Crippen LogP contribution in [0.2, 0.25) is 0 Å². The van der Waals surface area contributed by atoms with E-state index in [-0.39, 0.29) is 5.69 Å². The van der Waals surface area contributed by atoms with E-state index in [0.29, 0.717) is 5.41 Å². The average Bonchev–Trinajstić information content (AvgIpc) is 2.51. The van der Waals surface area contributed by atoms with Crippen LogP contribution < -0.4 is 5.32 Å². The van der Waals surface area contributed by atoms with Crippen molar-refractivity contribution in [2.45, 2.75) is 38.5 Å². The molecule has 0 amide bonds. The van der Waals surface area contributed by atoms with Crippen molar-refractivity contribution >= 4 is 11.8 Å². The Bertz CT molecular complexity index is 534. The van der Waals surface area contributed by atoms with E-state index in [1.165, 1.54) is 45.6 Å². The summed E-state index contributed by atoms with van der Waals surface area (Å²) in [6.07, 6.45) is 8.52. The van der Waals surface area contributed by atoms with E-state index in [9.17, 15) is 4.79 Å². The van der Waals surface area contributed by atoms with Gasteiger partial charge in [-0.25, -0.2) is 4.79 Å². The van der Waals surface area contributed by atoms with Crippen LogP contribution in [0, 0.1) is 23.2 Å². The normalized spacial score (nSPS) is 35.4. The molecule has 22 heavy (non-hydrogen) atoms. The number of hydrogen-bond donors (Lipinski definition) is 1. The van der Waals surface area contributed by atoms with Crippen molar-refractivity contribution in [3.63, 3.8) is 0 Å². The fraction of sp³-hybridized carbons (Fsp3) is 0.706. The second-order valence-corrected chi connectivity index (χ2v) is 7.57. The van der Waals surface area contributed by atoms with Gasteiger partial charge in [0.25, 0.3) is 0 Å². The molecule has 4 aliphatic rings. The fourth-order valence-electron chi connectivity index (χ4n) is 5.42. The smallest absolute Gasteiger partial charge is 0.358 e. The zero-order valence-electron chi connectivity index (χ0n) is 13.0. The molecule has 1 heterocycles. The molecule has 0 aromatic carbocycles. The molecule has 118 valence electrons. The monoisotopic (exact) mass is 301 g/mol. The minimum Gasteiger partial charge on any atom is -0.464 e. The van der Waals surface area contributed by atoms with Crippen molar-refractivity contribution in [3.05, 3.63) is 17.8 Å². The molecular formula is C17H23N3O2. The number of hydrogen-bond acceptors (Lipinski definition) is 5. The van der Waals surface area contributed by atoms with E-state index in [1.54, 1.807) is 6.07 Å². The standard InChI is InChI=1S/C17H23N3O2/c1-22-16(21)14-2-3-15(20-19-14)18-10-17-7-11-4-12(8-17)6-13(5-11)9-17/h2-3,11-13H,4-10H2,1H3,(H,18,20). The predicted molar refractivity (Wildman–Crippen MR) is 82.5 cm³/mol. The third-order valence-corrected chi connectivity index (χ3v) is 5.87. The number of anilines is 1. The summed E-state index contributed by atoms with van der Waals surface area (Å²) in [6.45, 7) is 0.989. The Balaban J connectivity index is 1.41. The first-order chi connectivity index (χ1) is 10.7. The van der Waals surface area contributed by atoms with Crippen LogP contribution in [0.15, 0.2) is 12.1 Å².